The smallest absolute Gasteiger partial charge is 0.0146 e. The summed E-state index contributed by atoms with van der Waals surface area (Å²) in [4.78, 5) is 0. The first-order valence-electron chi connectivity index (χ1n) is 7.37. The van der Waals surface area contributed by atoms with Crippen molar-refractivity contribution >= 4 is 0 Å². The molecule has 2 unspecified atom stereocenters. The molecule has 2 atom stereocenters. The Kier molecular flexibility index (Phi) is 5.82. The Hall–Kier alpha value is -0.0400. The first-order valence-corrected chi connectivity index (χ1v) is 7.37. The van der Waals surface area contributed by atoms with Gasteiger partial charge in [0.2, 0.25) is 0 Å². The van der Waals surface area contributed by atoms with Gasteiger partial charge in [0.1, 0.15) is 0 Å². The van der Waals surface area contributed by atoms with E-state index in [-0.39, 0.29) is 0 Å². The fourth-order valence-electron chi connectivity index (χ4n) is 3.34. The minimum absolute atomic E-state index is 0.558. The van der Waals surface area contributed by atoms with Gasteiger partial charge in [0.25, 0.3) is 0 Å². The second kappa shape index (κ2) is 6.64. The van der Waals surface area contributed by atoms with Crippen molar-refractivity contribution in [3.63, 3.8) is 0 Å². The van der Waals surface area contributed by atoms with Crippen LogP contribution in [0.5, 0.6) is 0 Å². The standard InChI is InChI=1S/C15H31N/c1-5-12-16-14(13(3)6-2)15(4)10-8-7-9-11-15/h13-14,16H,5-12H2,1-4H3. The van der Waals surface area contributed by atoms with Crippen molar-refractivity contribution < 1.29 is 0 Å². The summed E-state index contributed by atoms with van der Waals surface area (Å²) < 4.78 is 0. The molecule has 0 amide bonds. The molecule has 0 aliphatic heterocycles. The summed E-state index contributed by atoms with van der Waals surface area (Å²) in [6.07, 6.45) is 9.75. The third kappa shape index (κ3) is 3.48. The van der Waals surface area contributed by atoms with Crippen molar-refractivity contribution in [3.8, 4) is 0 Å². The summed E-state index contributed by atoms with van der Waals surface area (Å²) in [5, 5.41) is 3.83. The number of rotatable bonds is 6. The summed E-state index contributed by atoms with van der Waals surface area (Å²) in [6.45, 7) is 10.7. The van der Waals surface area contributed by atoms with E-state index in [1.807, 2.05) is 0 Å². The Balaban J connectivity index is 2.64. The molecule has 1 rings (SSSR count). The Labute approximate surface area is 102 Å². The predicted molar refractivity (Wildman–Crippen MR) is 72.7 cm³/mol. The van der Waals surface area contributed by atoms with Gasteiger partial charge >= 0.3 is 0 Å². The van der Waals surface area contributed by atoms with Crippen LogP contribution in [0.3, 0.4) is 0 Å². The maximum atomic E-state index is 3.83. The van der Waals surface area contributed by atoms with E-state index in [1.165, 1.54) is 51.5 Å². The van der Waals surface area contributed by atoms with Crippen molar-refractivity contribution in [1.29, 1.82) is 0 Å². The minimum atomic E-state index is 0.558. The molecule has 1 fully saturated rings. The van der Waals surface area contributed by atoms with Crippen LogP contribution in [-0.4, -0.2) is 12.6 Å². The molecule has 0 aromatic heterocycles. The van der Waals surface area contributed by atoms with Crippen LogP contribution >= 0.6 is 0 Å². The topological polar surface area (TPSA) is 12.0 Å². The van der Waals surface area contributed by atoms with Crippen LogP contribution in [0.25, 0.3) is 0 Å². The third-order valence-electron chi connectivity index (χ3n) is 4.57. The lowest BCUT2D eigenvalue weighted by atomic mass is 9.67. The zero-order valence-corrected chi connectivity index (χ0v) is 11.8. The molecule has 1 aliphatic rings. The Bertz CT molecular complexity index is 182. The predicted octanol–water partition coefficient (Wildman–Crippen LogP) is 4.37. The molecule has 1 aliphatic carbocycles. The molecule has 0 aromatic rings. The largest absolute Gasteiger partial charge is 0.313 e. The van der Waals surface area contributed by atoms with Crippen molar-refractivity contribution in [2.24, 2.45) is 11.3 Å². The van der Waals surface area contributed by atoms with E-state index >= 15 is 0 Å². The summed E-state index contributed by atoms with van der Waals surface area (Å²) in [7, 11) is 0. The molecule has 1 saturated carbocycles. The van der Waals surface area contributed by atoms with E-state index in [0.717, 1.165) is 12.0 Å². The summed E-state index contributed by atoms with van der Waals surface area (Å²) in [6, 6.07) is 0.734. The van der Waals surface area contributed by atoms with Gasteiger partial charge < -0.3 is 5.32 Å². The molecule has 96 valence electrons. The van der Waals surface area contributed by atoms with Gasteiger partial charge in [0, 0.05) is 6.04 Å². The van der Waals surface area contributed by atoms with Crippen LogP contribution in [0.1, 0.15) is 72.6 Å². The molecule has 0 aromatic carbocycles. The first-order chi connectivity index (χ1) is 7.64. The van der Waals surface area contributed by atoms with Gasteiger partial charge in [0.05, 0.1) is 0 Å². The molecule has 1 heteroatoms. The second-order valence-corrected chi connectivity index (χ2v) is 6.03. The number of hydrogen-bond acceptors (Lipinski definition) is 1. The number of nitrogens with one attached hydrogen (secondary N) is 1. The summed E-state index contributed by atoms with van der Waals surface area (Å²) >= 11 is 0. The van der Waals surface area contributed by atoms with E-state index in [2.05, 4.69) is 33.0 Å². The Morgan fingerprint density at radius 2 is 1.75 bits per heavy atom. The van der Waals surface area contributed by atoms with Gasteiger partial charge in [-0.05, 0) is 37.1 Å². The average Bonchev–Trinajstić information content (AvgIpc) is 2.30. The van der Waals surface area contributed by atoms with Crippen LogP contribution < -0.4 is 5.32 Å². The zero-order chi connectivity index (χ0) is 12.0. The molecule has 0 saturated heterocycles. The van der Waals surface area contributed by atoms with Crippen molar-refractivity contribution in [3.05, 3.63) is 0 Å². The highest BCUT2D eigenvalue weighted by Gasteiger charge is 2.37. The highest BCUT2D eigenvalue weighted by Crippen LogP contribution is 2.41. The molecule has 0 spiro atoms. The molecule has 0 radical (unpaired) electrons. The lowest BCUT2D eigenvalue weighted by Gasteiger charge is -2.44. The van der Waals surface area contributed by atoms with Gasteiger partial charge in [-0.1, -0.05) is 53.4 Å². The van der Waals surface area contributed by atoms with E-state index in [1.54, 1.807) is 0 Å². The molecule has 1 nitrogen and oxygen atoms in total. The van der Waals surface area contributed by atoms with Gasteiger partial charge in [-0.2, -0.15) is 0 Å². The highest BCUT2D eigenvalue weighted by atomic mass is 14.9. The fraction of sp³-hybridized carbons (Fsp3) is 1.00. The van der Waals surface area contributed by atoms with Gasteiger partial charge in [-0.15, -0.1) is 0 Å². The van der Waals surface area contributed by atoms with Crippen molar-refractivity contribution in [1.82, 2.24) is 5.32 Å². The van der Waals surface area contributed by atoms with Crippen molar-refractivity contribution in [2.45, 2.75) is 78.7 Å². The maximum Gasteiger partial charge on any atom is 0.0146 e. The molecular weight excluding hydrogens is 194 g/mol. The van der Waals surface area contributed by atoms with Gasteiger partial charge in [-0.25, -0.2) is 0 Å². The Morgan fingerprint density at radius 1 is 1.12 bits per heavy atom. The lowest BCUT2D eigenvalue weighted by molar-refractivity contribution is 0.106. The van der Waals surface area contributed by atoms with Crippen LogP contribution in [0.2, 0.25) is 0 Å². The highest BCUT2D eigenvalue weighted by molar-refractivity contribution is 4.92. The van der Waals surface area contributed by atoms with E-state index in [4.69, 9.17) is 0 Å². The van der Waals surface area contributed by atoms with Gasteiger partial charge in [-0.3, -0.25) is 0 Å². The molecular formula is C15H31N. The monoisotopic (exact) mass is 225 g/mol. The van der Waals surface area contributed by atoms with Crippen molar-refractivity contribution in [2.75, 3.05) is 6.54 Å². The van der Waals surface area contributed by atoms with E-state index in [0.29, 0.717) is 5.41 Å². The van der Waals surface area contributed by atoms with Crippen LogP contribution in [-0.2, 0) is 0 Å². The molecule has 0 bridgehead atoms. The zero-order valence-electron chi connectivity index (χ0n) is 11.8. The summed E-state index contributed by atoms with van der Waals surface area (Å²) in [5.74, 6) is 0.814. The van der Waals surface area contributed by atoms with Crippen LogP contribution in [0, 0.1) is 11.3 Å². The lowest BCUT2D eigenvalue weighted by Crippen LogP contribution is -2.48. The van der Waals surface area contributed by atoms with Gasteiger partial charge in [0.15, 0.2) is 0 Å². The normalized spacial score (nSPS) is 24.0. The maximum absolute atomic E-state index is 3.83. The molecule has 16 heavy (non-hydrogen) atoms. The SMILES string of the molecule is CCCNC(C(C)CC)C1(C)CCCCC1. The quantitative estimate of drug-likeness (QED) is 0.708. The minimum Gasteiger partial charge on any atom is -0.313 e. The molecule has 0 heterocycles. The van der Waals surface area contributed by atoms with E-state index < -0.39 is 0 Å². The fourth-order valence-corrected chi connectivity index (χ4v) is 3.34. The Morgan fingerprint density at radius 3 is 2.25 bits per heavy atom. The van der Waals surface area contributed by atoms with Crippen LogP contribution in [0.15, 0.2) is 0 Å². The number of hydrogen-bond donors (Lipinski definition) is 1. The molecule has 1 N–H and O–H groups in total. The second-order valence-electron chi connectivity index (χ2n) is 6.03. The third-order valence-corrected chi connectivity index (χ3v) is 4.57. The van der Waals surface area contributed by atoms with Crippen LogP contribution in [0.4, 0.5) is 0 Å². The van der Waals surface area contributed by atoms with E-state index in [9.17, 15) is 0 Å². The summed E-state index contributed by atoms with van der Waals surface area (Å²) in [5.41, 5.74) is 0.558. The first kappa shape index (κ1) is 14.0. The average molecular weight is 225 g/mol.